The van der Waals surface area contributed by atoms with Gasteiger partial charge < -0.3 is 10.2 Å². The topological polar surface area (TPSA) is 15.3 Å². The maximum atomic E-state index is 3.52. The number of nitrogens with zero attached hydrogens (tertiary/aromatic N) is 1. The van der Waals surface area contributed by atoms with Crippen LogP contribution < -0.4 is 5.32 Å². The Hall–Kier alpha value is 0.560. The molecule has 102 valence electrons. The zero-order valence-electron chi connectivity index (χ0n) is 11.2. The first-order valence-electron chi connectivity index (χ1n) is 6.73. The Morgan fingerprint density at radius 2 is 2.18 bits per heavy atom. The van der Waals surface area contributed by atoms with Crippen LogP contribution in [0.3, 0.4) is 0 Å². The van der Waals surface area contributed by atoms with E-state index in [0.717, 1.165) is 5.92 Å². The first-order chi connectivity index (χ1) is 7.66. The van der Waals surface area contributed by atoms with Crippen molar-refractivity contribution in [2.75, 3.05) is 38.5 Å². The number of hydrogen-bond acceptors (Lipinski definition) is 3. The summed E-state index contributed by atoms with van der Waals surface area (Å²) in [7, 11) is 0. The summed E-state index contributed by atoms with van der Waals surface area (Å²) in [4.78, 5) is 2.69. The molecule has 2 nitrogen and oxygen atoms in total. The Bertz CT molecular complexity index is 217. The van der Waals surface area contributed by atoms with Crippen LogP contribution in [0.1, 0.15) is 33.1 Å². The SMILES string of the molecule is CC1(C)CCN(CC2CCCNC2)CCS1.Cl. The molecule has 1 N–H and O–H groups in total. The van der Waals surface area contributed by atoms with Crippen LogP contribution in [0.4, 0.5) is 0 Å². The van der Waals surface area contributed by atoms with E-state index < -0.39 is 0 Å². The molecule has 2 rings (SSSR count). The Labute approximate surface area is 117 Å². The first kappa shape index (κ1) is 15.6. The monoisotopic (exact) mass is 278 g/mol. The molecule has 0 bridgehead atoms. The van der Waals surface area contributed by atoms with Gasteiger partial charge in [0.2, 0.25) is 0 Å². The van der Waals surface area contributed by atoms with Gasteiger partial charge in [-0.3, -0.25) is 0 Å². The van der Waals surface area contributed by atoms with Gasteiger partial charge in [0, 0.05) is 23.6 Å². The van der Waals surface area contributed by atoms with E-state index in [4.69, 9.17) is 0 Å². The van der Waals surface area contributed by atoms with Gasteiger partial charge in [-0.15, -0.1) is 12.4 Å². The van der Waals surface area contributed by atoms with E-state index in [1.54, 1.807) is 0 Å². The lowest BCUT2D eigenvalue weighted by Gasteiger charge is -2.29. The van der Waals surface area contributed by atoms with E-state index in [0.29, 0.717) is 4.75 Å². The zero-order valence-corrected chi connectivity index (χ0v) is 12.8. The molecule has 0 radical (unpaired) electrons. The summed E-state index contributed by atoms with van der Waals surface area (Å²) in [5.41, 5.74) is 0. The van der Waals surface area contributed by atoms with Crippen LogP contribution >= 0.6 is 24.2 Å². The van der Waals surface area contributed by atoms with Gasteiger partial charge in [-0.25, -0.2) is 0 Å². The lowest BCUT2D eigenvalue weighted by atomic mass is 9.98. The van der Waals surface area contributed by atoms with Crippen molar-refractivity contribution < 1.29 is 0 Å². The molecule has 0 spiro atoms. The highest BCUT2D eigenvalue weighted by atomic mass is 35.5. The van der Waals surface area contributed by atoms with E-state index in [1.807, 2.05) is 0 Å². The van der Waals surface area contributed by atoms with Crippen LogP contribution in [0.5, 0.6) is 0 Å². The van der Waals surface area contributed by atoms with Gasteiger partial charge in [-0.2, -0.15) is 11.8 Å². The number of rotatable bonds is 2. The third-order valence-corrected chi connectivity index (χ3v) is 5.22. The number of nitrogens with one attached hydrogen (secondary N) is 1. The quantitative estimate of drug-likeness (QED) is 0.836. The Morgan fingerprint density at radius 3 is 2.88 bits per heavy atom. The molecule has 0 saturated carbocycles. The molecule has 0 aromatic heterocycles. The van der Waals surface area contributed by atoms with Gasteiger partial charge in [0.05, 0.1) is 0 Å². The molecule has 0 amide bonds. The third-order valence-electron chi connectivity index (χ3n) is 3.85. The lowest BCUT2D eigenvalue weighted by Crippen LogP contribution is -2.39. The van der Waals surface area contributed by atoms with E-state index in [-0.39, 0.29) is 12.4 Å². The van der Waals surface area contributed by atoms with Crippen molar-refractivity contribution in [3.05, 3.63) is 0 Å². The van der Waals surface area contributed by atoms with E-state index in [2.05, 4.69) is 35.8 Å². The summed E-state index contributed by atoms with van der Waals surface area (Å²) >= 11 is 2.15. The Morgan fingerprint density at radius 1 is 1.35 bits per heavy atom. The maximum absolute atomic E-state index is 3.52. The smallest absolute Gasteiger partial charge is 0.0116 e. The van der Waals surface area contributed by atoms with Crippen molar-refractivity contribution in [1.82, 2.24) is 10.2 Å². The van der Waals surface area contributed by atoms with Crippen LogP contribution in [0.25, 0.3) is 0 Å². The minimum atomic E-state index is 0. The van der Waals surface area contributed by atoms with E-state index in [1.165, 1.54) is 57.7 Å². The second-order valence-electron chi connectivity index (χ2n) is 5.87. The molecule has 0 aromatic carbocycles. The van der Waals surface area contributed by atoms with Gasteiger partial charge >= 0.3 is 0 Å². The number of halogens is 1. The predicted octanol–water partition coefficient (Wildman–Crippen LogP) is 2.63. The molecule has 2 heterocycles. The largest absolute Gasteiger partial charge is 0.316 e. The number of piperidine rings is 1. The molecule has 2 saturated heterocycles. The standard InChI is InChI=1S/C13H26N2S.ClH/c1-13(2)5-7-15(8-9-16-13)11-12-4-3-6-14-10-12;/h12,14H,3-11H2,1-2H3;1H. The molecule has 17 heavy (non-hydrogen) atoms. The molecule has 1 atom stereocenters. The first-order valence-corrected chi connectivity index (χ1v) is 7.71. The lowest BCUT2D eigenvalue weighted by molar-refractivity contribution is 0.215. The third kappa shape index (κ3) is 5.37. The summed E-state index contributed by atoms with van der Waals surface area (Å²) in [5, 5.41) is 3.52. The average molecular weight is 279 g/mol. The zero-order chi connectivity index (χ0) is 11.4. The van der Waals surface area contributed by atoms with Gasteiger partial charge in [0.1, 0.15) is 0 Å². The Kier molecular flexibility index (Phi) is 6.64. The fourth-order valence-electron chi connectivity index (χ4n) is 2.69. The fraction of sp³-hybridized carbons (Fsp3) is 1.00. The fourth-order valence-corrected chi connectivity index (χ4v) is 3.83. The van der Waals surface area contributed by atoms with Gasteiger partial charge in [-0.1, -0.05) is 13.8 Å². The maximum Gasteiger partial charge on any atom is 0.0116 e. The summed E-state index contributed by atoms with van der Waals surface area (Å²) < 4.78 is 0.500. The van der Waals surface area contributed by atoms with Crippen molar-refractivity contribution in [3.8, 4) is 0 Å². The highest BCUT2D eigenvalue weighted by Crippen LogP contribution is 2.31. The summed E-state index contributed by atoms with van der Waals surface area (Å²) in [6.45, 7) is 11.2. The molecule has 1 unspecified atom stereocenters. The second-order valence-corrected chi connectivity index (χ2v) is 7.67. The van der Waals surface area contributed by atoms with Gasteiger partial charge in [-0.05, 0) is 44.8 Å². The van der Waals surface area contributed by atoms with Crippen molar-refractivity contribution in [3.63, 3.8) is 0 Å². The highest BCUT2D eigenvalue weighted by molar-refractivity contribution is 8.00. The van der Waals surface area contributed by atoms with Crippen LogP contribution in [0, 0.1) is 5.92 Å². The van der Waals surface area contributed by atoms with Crippen molar-refractivity contribution in [1.29, 1.82) is 0 Å². The molecular formula is C13H27ClN2S. The van der Waals surface area contributed by atoms with Gasteiger partial charge in [0.25, 0.3) is 0 Å². The van der Waals surface area contributed by atoms with Gasteiger partial charge in [0.15, 0.2) is 0 Å². The second kappa shape index (κ2) is 7.22. The highest BCUT2D eigenvalue weighted by Gasteiger charge is 2.25. The summed E-state index contributed by atoms with van der Waals surface area (Å²) in [6.07, 6.45) is 4.15. The van der Waals surface area contributed by atoms with Crippen LogP contribution in [-0.2, 0) is 0 Å². The average Bonchev–Trinajstić information content (AvgIpc) is 2.42. The number of hydrogen-bond donors (Lipinski definition) is 1. The van der Waals surface area contributed by atoms with E-state index >= 15 is 0 Å². The Balaban J connectivity index is 0.00000144. The van der Waals surface area contributed by atoms with Crippen LogP contribution in [0.15, 0.2) is 0 Å². The van der Waals surface area contributed by atoms with Crippen molar-refractivity contribution >= 4 is 24.2 Å². The minimum absolute atomic E-state index is 0. The molecule has 2 fully saturated rings. The normalized spacial score (nSPS) is 30.4. The molecule has 2 aliphatic heterocycles. The van der Waals surface area contributed by atoms with E-state index in [9.17, 15) is 0 Å². The minimum Gasteiger partial charge on any atom is -0.316 e. The van der Waals surface area contributed by atoms with Crippen molar-refractivity contribution in [2.24, 2.45) is 5.92 Å². The summed E-state index contributed by atoms with van der Waals surface area (Å²) in [5.74, 6) is 2.22. The van der Waals surface area contributed by atoms with Crippen LogP contribution in [-0.4, -0.2) is 48.1 Å². The van der Waals surface area contributed by atoms with Crippen LogP contribution in [0.2, 0.25) is 0 Å². The molecule has 0 aromatic rings. The predicted molar refractivity (Wildman–Crippen MR) is 80.4 cm³/mol. The molecular weight excluding hydrogens is 252 g/mol. The molecule has 0 aliphatic carbocycles. The molecule has 2 aliphatic rings. The molecule has 4 heteroatoms. The number of thioether (sulfide) groups is 1. The van der Waals surface area contributed by atoms with Crippen molar-refractivity contribution in [2.45, 2.75) is 37.9 Å². The summed E-state index contributed by atoms with van der Waals surface area (Å²) in [6, 6.07) is 0.